The lowest BCUT2D eigenvalue weighted by molar-refractivity contribution is -0.118. The molecule has 0 aliphatic rings. The lowest BCUT2D eigenvalue weighted by Crippen LogP contribution is -2.21. The number of anilines is 1. The Balaban J connectivity index is 2.68. The summed E-state index contributed by atoms with van der Waals surface area (Å²) in [5.41, 5.74) is 1.14. The number of benzene rings is 1. The highest BCUT2D eigenvalue weighted by Gasteiger charge is 2.16. The Morgan fingerprint density at radius 1 is 1.35 bits per heavy atom. The van der Waals surface area contributed by atoms with E-state index < -0.39 is 5.92 Å². The second kappa shape index (κ2) is 6.30. The SMILES string of the molecule is CCCC(C#N)C(=O)Nc1ccc(C#N)cc1. The maximum atomic E-state index is 11.7. The summed E-state index contributed by atoms with van der Waals surface area (Å²) >= 11 is 0. The van der Waals surface area contributed by atoms with Crippen LogP contribution in [-0.2, 0) is 4.79 Å². The number of hydrogen-bond donors (Lipinski definition) is 1. The van der Waals surface area contributed by atoms with E-state index >= 15 is 0 Å². The maximum Gasteiger partial charge on any atom is 0.241 e. The van der Waals surface area contributed by atoms with Crippen molar-refractivity contribution in [2.75, 3.05) is 5.32 Å². The van der Waals surface area contributed by atoms with Gasteiger partial charge in [-0.25, -0.2) is 0 Å². The van der Waals surface area contributed by atoms with Crippen LogP contribution in [0, 0.1) is 28.6 Å². The number of rotatable bonds is 4. The van der Waals surface area contributed by atoms with Crippen LogP contribution in [0.5, 0.6) is 0 Å². The van der Waals surface area contributed by atoms with Gasteiger partial charge < -0.3 is 5.32 Å². The number of carbonyl (C=O) groups is 1. The number of hydrogen-bond acceptors (Lipinski definition) is 3. The van der Waals surface area contributed by atoms with Crippen molar-refractivity contribution in [3.05, 3.63) is 29.8 Å². The molecule has 0 aromatic heterocycles. The van der Waals surface area contributed by atoms with Gasteiger partial charge in [0.2, 0.25) is 5.91 Å². The van der Waals surface area contributed by atoms with Crippen LogP contribution in [0.2, 0.25) is 0 Å². The van der Waals surface area contributed by atoms with Crippen molar-refractivity contribution >= 4 is 11.6 Å². The molecule has 0 saturated heterocycles. The van der Waals surface area contributed by atoms with E-state index in [0.29, 0.717) is 17.7 Å². The predicted octanol–water partition coefficient (Wildman–Crippen LogP) is 2.44. The van der Waals surface area contributed by atoms with Crippen LogP contribution in [0.15, 0.2) is 24.3 Å². The summed E-state index contributed by atoms with van der Waals surface area (Å²) in [5.74, 6) is -0.908. The number of carbonyl (C=O) groups excluding carboxylic acids is 1. The van der Waals surface area contributed by atoms with Gasteiger partial charge in [-0.1, -0.05) is 13.3 Å². The summed E-state index contributed by atoms with van der Waals surface area (Å²) in [6, 6.07) is 10.5. The molecule has 0 saturated carbocycles. The molecule has 0 aliphatic heterocycles. The van der Waals surface area contributed by atoms with Gasteiger partial charge in [-0.15, -0.1) is 0 Å². The molecule has 0 spiro atoms. The van der Waals surface area contributed by atoms with Crippen LogP contribution in [-0.4, -0.2) is 5.91 Å². The first-order valence-electron chi connectivity index (χ1n) is 5.42. The molecule has 86 valence electrons. The molecule has 0 heterocycles. The largest absolute Gasteiger partial charge is 0.325 e. The van der Waals surface area contributed by atoms with Crippen LogP contribution in [0.25, 0.3) is 0 Å². The molecule has 0 bridgehead atoms. The molecule has 17 heavy (non-hydrogen) atoms. The van der Waals surface area contributed by atoms with Gasteiger partial charge in [-0.2, -0.15) is 10.5 Å². The number of nitriles is 2. The highest BCUT2D eigenvalue weighted by atomic mass is 16.1. The number of amides is 1. The van der Waals surface area contributed by atoms with E-state index in [0.717, 1.165) is 6.42 Å². The van der Waals surface area contributed by atoms with E-state index in [1.807, 2.05) is 19.1 Å². The Kier molecular flexibility index (Phi) is 4.72. The second-order valence-electron chi connectivity index (χ2n) is 3.65. The Morgan fingerprint density at radius 3 is 2.47 bits per heavy atom. The lowest BCUT2D eigenvalue weighted by atomic mass is 10.0. The zero-order chi connectivity index (χ0) is 12.7. The van der Waals surface area contributed by atoms with E-state index in [-0.39, 0.29) is 5.91 Å². The highest BCUT2D eigenvalue weighted by molar-refractivity contribution is 5.94. The minimum Gasteiger partial charge on any atom is -0.325 e. The Hall–Kier alpha value is -2.33. The van der Waals surface area contributed by atoms with Gasteiger partial charge in [-0.3, -0.25) is 4.79 Å². The fraction of sp³-hybridized carbons (Fsp3) is 0.308. The second-order valence-corrected chi connectivity index (χ2v) is 3.65. The molecule has 1 amide bonds. The van der Waals surface area contributed by atoms with Crippen molar-refractivity contribution in [3.63, 3.8) is 0 Å². The summed E-state index contributed by atoms with van der Waals surface area (Å²) in [6.07, 6.45) is 1.34. The van der Waals surface area contributed by atoms with Crippen molar-refractivity contribution < 1.29 is 4.79 Å². The van der Waals surface area contributed by atoms with Crippen molar-refractivity contribution in [2.24, 2.45) is 5.92 Å². The number of nitrogens with zero attached hydrogens (tertiary/aromatic N) is 2. The Labute approximate surface area is 100 Å². The fourth-order valence-electron chi connectivity index (χ4n) is 1.40. The standard InChI is InChI=1S/C13H13N3O/c1-2-3-11(9-15)13(17)16-12-6-4-10(8-14)5-7-12/h4-7,11H,2-3H2,1H3,(H,16,17). The average Bonchev–Trinajstić information content (AvgIpc) is 2.36. The van der Waals surface area contributed by atoms with Crippen LogP contribution in [0.1, 0.15) is 25.3 Å². The molecule has 1 unspecified atom stereocenters. The minimum absolute atomic E-state index is 0.293. The summed E-state index contributed by atoms with van der Waals surface area (Å²) < 4.78 is 0. The third kappa shape index (κ3) is 3.62. The molecule has 0 aliphatic carbocycles. The summed E-state index contributed by atoms with van der Waals surface area (Å²) in [4.78, 5) is 11.7. The van der Waals surface area contributed by atoms with Gasteiger partial charge in [-0.05, 0) is 30.7 Å². The molecule has 1 atom stereocenters. The predicted molar refractivity (Wildman–Crippen MR) is 63.8 cm³/mol. The monoisotopic (exact) mass is 227 g/mol. The van der Waals surface area contributed by atoms with E-state index in [4.69, 9.17) is 10.5 Å². The molecule has 1 aromatic carbocycles. The first-order valence-corrected chi connectivity index (χ1v) is 5.42. The van der Waals surface area contributed by atoms with E-state index in [1.54, 1.807) is 24.3 Å². The highest BCUT2D eigenvalue weighted by Crippen LogP contribution is 2.12. The maximum absolute atomic E-state index is 11.7. The van der Waals surface area contributed by atoms with Crippen LogP contribution in [0.4, 0.5) is 5.69 Å². The molecule has 1 aromatic rings. The quantitative estimate of drug-likeness (QED) is 0.858. The van der Waals surface area contributed by atoms with Crippen LogP contribution in [0.3, 0.4) is 0 Å². The molecule has 1 N–H and O–H groups in total. The first kappa shape index (κ1) is 12.7. The third-order valence-corrected chi connectivity index (χ3v) is 2.33. The summed E-state index contributed by atoms with van der Waals surface area (Å²) in [5, 5.41) is 20.1. The van der Waals surface area contributed by atoms with Gasteiger partial charge in [0.15, 0.2) is 0 Å². The fourth-order valence-corrected chi connectivity index (χ4v) is 1.40. The van der Waals surface area contributed by atoms with Crippen molar-refractivity contribution in [1.82, 2.24) is 0 Å². The first-order chi connectivity index (χ1) is 8.21. The van der Waals surface area contributed by atoms with Gasteiger partial charge in [0.1, 0.15) is 5.92 Å². The van der Waals surface area contributed by atoms with Crippen LogP contribution < -0.4 is 5.32 Å². The average molecular weight is 227 g/mol. The van der Waals surface area contributed by atoms with Gasteiger partial charge in [0, 0.05) is 5.69 Å². The molecule has 0 radical (unpaired) electrons. The van der Waals surface area contributed by atoms with Gasteiger partial charge in [0.25, 0.3) is 0 Å². The zero-order valence-corrected chi connectivity index (χ0v) is 9.60. The molecular formula is C13H13N3O. The topological polar surface area (TPSA) is 76.7 Å². The van der Waals surface area contributed by atoms with E-state index in [2.05, 4.69) is 5.32 Å². The normalized spacial score (nSPS) is 11.0. The minimum atomic E-state index is -0.615. The third-order valence-electron chi connectivity index (χ3n) is 2.33. The summed E-state index contributed by atoms with van der Waals surface area (Å²) in [7, 11) is 0. The molecule has 4 nitrogen and oxygen atoms in total. The molecular weight excluding hydrogens is 214 g/mol. The number of nitrogens with one attached hydrogen (secondary N) is 1. The Bertz CT molecular complexity index is 465. The van der Waals surface area contributed by atoms with E-state index in [1.165, 1.54) is 0 Å². The molecule has 4 heteroatoms. The Morgan fingerprint density at radius 2 is 2.00 bits per heavy atom. The van der Waals surface area contributed by atoms with Crippen molar-refractivity contribution in [1.29, 1.82) is 10.5 Å². The van der Waals surface area contributed by atoms with Gasteiger partial charge >= 0.3 is 0 Å². The molecule has 0 fully saturated rings. The summed E-state index contributed by atoms with van der Waals surface area (Å²) in [6.45, 7) is 1.93. The zero-order valence-electron chi connectivity index (χ0n) is 9.60. The smallest absolute Gasteiger partial charge is 0.241 e. The van der Waals surface area contributed by atoms with Gasteiger partial charge in [0.05, 0.1) is 17.7 Å². The van der Waals surface area contributed by atoms with Crippen molar-refractivity contribution in [2.45, 2.75) is 19.8 Å². The lowest BCUT2D eigenvalue weighted by Gasteiger charge is -2.08. The van der Waals surface area contributed by atoms with E-state index in [9.17, 15) is 4.79 Å². The van der Waals surface area contributed by atoms with Crippen LogP contribution >= 0.6 is 0 Å². The van der Waals surface area contributed by atoms with Crippen molar-refractivity contribution in [3.8, 4) is 12.1 Å². The molecule has 1 rings (SSSR count).